The van der Waals surface area contributed by atoms with Crippen LogP contribution in [-0.2, 0) is 6.61 Å². The second-order valence-electron chi connectivity index (χ2n) is 4.37. The Morgan fingerprint density at radius 1 is 1.05 bits per heavy atom. The van der Waals surface area contributed by atoms with Crippen molar-refractivity contribution >= 4 is 39.1 Å². The molecular formula is C15H9BrCl2N2O2. The predicted molar refractivity (Wildman–Crippen MR) is 88.2 cm³/mol. The molecule has 0 spiro atoms. The zero-order chi connectivity index (χ0) is 15.5. The highest BCUT2D eigenvalue weighted by Crippen LogP contribution is 2.28. The number of hydrogen-bond acceptors (Lipinski definition) is 4. The lowest BCUT2D eigenvalue weighted by molar-refractivity contribution is 0.264. The molecule has 0 saturated carbocycles. The number of nitrogens with zero attached hydrogens (tertiary/aromatic N) is 2. The van der Waals surface area contributed by atoms with E-state index < -0.39 is 0 Å². The minimum Gasteiger partial charge on any atom is -0.482 e. The van der Waals surface area contributed by atoms with E-state index in [9.17, 15) is 0 Å². The fraction of sp³-hybridized carbons (Fsp3) is 0.0667. The van der Waals surface area contributed by atoms with Gasteiger partial charge in [-0.05, 0) is 36.4 Å². The molecular weight excluding hydrogens is 391 g/mol. The predicted octanol–water partition coefficient (Wildman–Crippen LogP) is 5.38. The van der Waals surface area contributed by atoms with Crippen LogP contribution in [0.3, 0.4) is 0 Å². The van der Waals surface area contributed by atoms with Crippen molar-refractivity contribution < 1.29 is 9.15 Å². The topological polar surface area (TPSA) is 48.2 Å². The van der Waals surface area contributed by atoms with E-state index in [-0.39, 0.29) is 6.61 Å². The Kier molecular flexibility index (Phi) is 4.66. The van der Waals surface area contributed by atoms with E-state index >= 15 is 0 Å². The monoisotopic (exact) mass is 398 g/mol. The summed E-state index contributed by atoms with van der Waals surface area (Å²) in [6.45, 7) is 0.115. The molecule has 3 aromatic rings. The summed E-state index contributed by atoms with van der Waals surface area (Å²) >= 11 is 15.3. The highest BCUT2D eigenvalue weighted by atomic mass is 79.9. The van der Waals surface area contributed by atoms with Gasteiger partial charge in [-0.1, -0.05) is 39.1 Å². The number of aromatic nitrogens is 2. The van der Waals surface area contributed by atoms with E-state index in [1.54, 1.807) is 18.2 Å². The number of hydrogen-bond donors (Lipinski definition) is 0. The van der Waals surface area contributed by atoms with E-state index in [2.05, 4.69) is 26.1 Å². The molecule has 112 valence electrons. The molecule has 1 heterocycles. The van der Waals surface area contributed by atoms with E-state index in [0.717, 1.165) is 10.0 Å². The molecule has 22 heavy (non-hydrogen) atoms. The molecule has 0 amide bonds. The van der Waals surface area contributed by atoms with Crippen LogP contribution in [0.15, 0.2) is 51.4 Å². The Labute approximate surface area is 145 Å². The first kappa shape index (κ1) is 15.3. The van der Waals surface area contributed by atoms with Crippen molar-refractivity contribution in [3.8, 4) is 17.2 Å². The largest absolute Gasteiger partial charge is 0.482 e. The standard InChI is InChI=1S/C15H9BrCl2N2O2/c16-10-3-1-9(2-4-10)15-20-19-14(22-15)8-21-13-7-11(17)5-6-12(13)18/h1-7H,8H2. The van der Waals surface area contributed by atoms with Crippen molar-refractivity contribution in [1.82, 2.24) is 10.2 Å². The third-order valence-electron chi connectivity index (χ3n) is 2.80. The molecule has 0 N–H and O–H groups in total. The zero-order valence-corrected chi connectivity index (χ0v) is 14.2. The third-order valence-corrected chi connectivity index (χ3v) is 3.88. The minimum absolute atomic E-state index is 0.115. The van der Waals surface area contributed by atoms with Gasteiger partial charge in [0.2, 0.25) is 5.89 Å². The first-order valence-corrected chi connectivity index (χ1v) is 7.83. The number of halogens is 3. The van der Waals surface area contributed by atoms with Crippen LogP contribution in [0.1, 0.15) is 5.89 Å². The Hall–Kier alpha value is -1.56. The van der Waals surface area contributed by atoms with E-state index in [1.807, 2.05) is 24.3 Å². The van der Waals surface area contributed by atoms with Crippen molar-refractivity contribution in [1.29, 1.82) is 0 Å². The molecule has 4 nitrogen and oxygen atoms in total. The zero-order valence-electron chi connectivity index (χ0n) is 11.1. The van der Waals surface area contributed by atoms with E-state index in [1.165, 1.54) is 0 Å². The Balaban J connectivity index is 1.72. The quantitative estimate of drug-likeness (QED) is 0.590. The highest BCUT2D eigenvalue weighted by molar-refractivity contribution is 9.10. The maximum absolute atomic E-state index is 6.02. The molecule has 0 aliphatic heterocycles. The number of benzene rings is 2. The minimum atomic E-state index is 0.115. The molecule has 0 saturated heterocycles. The summed E-state index contributed by atoms with van der Waals surface area (Å²) in [5.74, 6) is 1.26. The molecule has 0 radical (unpaired) electrons. The summed E-state index contributed by atoms with van der Waals surface area (Å²) in [4.78, 5) is 0. The fourth-order valence-corrected chi connectivity index (χ4v) is 2.35. The summed E-state index contributed by atoms with van der Waals surface area (Å²) in [6.07, 6.45) is 0. The molecule has 0 unspecified atom stereocenters. The molecule has 0 atom stereocenters. The SMILES string of the molecule is Clc1ccc(Cl)c(OCc2nnc(-c3ccc(Br)cc3)o2)c1. The lowest BCUT2D eigenvalue weighted by atomic mass is 10.2. The molecule has 2 aromatic carbocycles. The van der Waals surface area contributed by atoms with Crippen molar-refractivity contribution in [2.24, 2.45) is 0 Å². The van der Waals surface area contributed by atoms with Crippen LogP contribution in [0.25, 0.3) is 11.5 Å². The number of rotatable bonds is 4. The van der Waals surface area contributed by atoms with Crippen LogP contribution in [-0.4, -0.2) is 10.2 Å². The van der Waals surface area contributed by atoms with Crippen molar-refractivity contribution in [2.45, 2.75) is 6.61 Å². The first-order valence-electron chi connectivity index (χ1n) is 6.28. The van der Waals surface area contributed by atoms with Crippen LogP contribution in [0, 0.1) is 0 Å². The van der Waals surface area contributed by atoms with Gasteiger partial charge in [-0.3, -0.25) is 0 Å². The van der Waals surface area contributed by atoms with Gasteiger partial charge in [0.1, 0.15) is 5.75 Å². The lowest BCUT2D eigenvalue weighted by Gasteiger charge is -2.05. The van der Waals surface area contributed by atoms with Gasteiger partial charge < -0.3 is 9.15 Å². The summed E-state index contributed by atoms with van der Waals surface area (Å²) in [5, 5.41) is 8.96. The number of ether oxygens (including phenoxy) is 1. The molecule has 1 aromatic heterocycles. The van der Waals surface area contributed by atoms with Crippen molar-refractivity contribution in [2.75, 3.05) is 0 Å². The van der Waals surface area contributed by atoms with Crippen LogP contribution >= 0.6 is 39.1 Å². The smallest absolute Gasteiger partial charge is 0.254 e. The maximum atomic E-state index is 6.02. The Bertz CT molecular complexity index is 790. The van der Waals surface area contributed by atoms with Gasteiger partial charge >= 0.3 is 0 Å². The second-order valence-corrected chi connectivity index (χ2v) is 6.13. The second kappa shape index (κ2) is 6.69. The summed E-state index contributed by atoms with van der Waals surface area (Å²) in [5.41, 5.74) is 0.836. The molecule has 0 fully saturated rings. The Morgan fingerprint density at radius 2 is 1.82 bits per heavy atom. The lowest BCUT2D eigenvalue weighted by Crippen LogP contribution is -1.96. The molecule has 0 aliphatic rings. The van der Waals surface area contributed by atoms with Gasteiger partial charge in [-0.2, -0.15) is 0 Å². The Morgan fingerprint density at radius 3 is 2.59 bits per heavy atom. The molecule has 0 aliphatic carbocycles. The van der Waals surface area contributed by atoms with Gasteiger partial charge in [0, 0.05) is 21.1 Å². The first-order chi connectivity index (χ1) is 10.6. The van der Waals surface area contributed by atoms with Gasteiger partial charge in [0.05, 0.1) is 5.02 Å². The van der Waals surface area contributed by atoms with Gasteiger partial charge in [-0.15, -0.1) is 10.2 Å². The van der Waals surface area contributed by atoms with Gasteiger partial charge in [-0.25, -0.2) is 0 Å². The van der Waals surface area contributed by atoms with Crippen molar-refractivity contribution in [3.05, 3.63) is 62.9 Å². The van der Waals surface area contributed by atoms with Crippen molar-refractivity contribution in [3.63, 3.8) is 0 Å². The van der Waals surface area contributed by atoms with E-state index in [0.29, 0.717) is 27.6 Å². The maximum Gasteiger partial charge on any atom is 0.254 e. The van der Waals surface area contributed by atoms with E-state index in [4.69, 9.17) is 32.4 Å². The van der Waals surface area contributed by atoms with Gasteiger partial charge in [0.15, 0.2) is 6.61 Å². The average molecular weight is 400 g/mol. The fourth-order valence-electron chi connectivity index (χ4n) is 1.75. The summed E-state index contributed by atoms with van der Waals surface area (Å²) < 4.78 is 12.1. The third kappa shape index (κ3) is 3.61. The van der Waals surface area contributed by atoms with Crippen LogP contribution < -0.4 is 4.74 Å². The van der Waals surface area contributed by atoms with Crippen LogP contribution in [0.2, 0.25) is 10.0 Å². The summed E-state index contributed by atoms with van der Waals surface area (Å²) in [7, 11) is 0. The highest BCUT2D eigenvalue weighted by Gasteiger charge is 2.10. The molecule has 0 bridgehead atoms. The molecule has 3 rings (SSSR count). The average Bonchev–Trinajstić information content (AvgIpc) is 2.98. The molecule has 7 heteroatoms. The van der Waals surface area contributed by atoms with Gasteiger partial charge in [0.25, 0.3) is 5.89 Å². The summed E-state index contributed by atoms with van der Waals surface area (Å²) in [6, 6.07) is 12.6. The normalized spacial score (nSPS) is 10.7. The van der Waals surface area contributed by atoms with Crippen LogP contribution in [0.4, 0.5) is 0 Å². The van der Waals surface area contributed by atoms with Crippen LogP contribution in [0.5, 0.6) is 5.75 Å².